The fourth-order valence-corrected chi connectivity index (χ4v) is 4.30. The molecule has 1 saturated carbocycles. The summed E-state index contributed by atoms with van der Waals surface area (Å²) >= 11 is 1.85. The molecular weight excluding hydrogens is 294 g/mol. The van der Waals surface area contributed by atoms with Crippen LogP contribution in [0.3, 0.4) is 0 Å². The molecule has 122 valence electrons. The Balaban J connectivity index is 1.45. The van der Waals surface area contributed by atoms with Gasteiger partial charge in [-0.3, -0.25) is 4.79 Å². The first kappa shape index (κ1) is 16.0. The molecule has 2 atom stereocenters. The number of nitrogens with zero attached hydrogens (tertiary/aromatic N) is 1. The number of amides is 1. The third kappa shape index (κ3) is 3.72. The van der Waals surface area contributed by atoms with E-state index < -0.39 is 0 Å². The van der Waals surface area contributed by atoms with Crippen molar-refractivity contribution in [3.8, 4) is 0 Å². The molecule has 1 aromatic rings. The van der Waals surface area contributed by atoms with Gasteiger partial charge in [-0.15, -0.1) is 11.3 Å². The predicted molar refractivity (Wildman–Crippen MR) is 90.3 cm³/mol. The Bertz CT molecular complexity index is 517. The van der Waals surface area contributed by atoms with Gasteiger partial charge < -0.3 is 9.64 Å². The van der Waals surface area contributed by atoms with Crippen LogP contribution in [0.5, 0.6) is 0 Å². The Morgan fingerprint density at radius 2 is 2.09 bits per heavy atom. The lowest BCUT2D eigenvalue weighted by atomic mass is 10.1. The van der Waals surface area contributed by atoms with Crippen molar-refractivity contribution in [1.82, 2.24) is 4.90 Å². The van der Waals surface area contributed by atoms with Crippen LogP contribution in [0.4, 0.5) is 0 Å². The summed E-state index contributed by atoms with van der Waals surface area (Å²) in [7, 11) is 0. The molecule has 3 nitrogen and oxygen atoms in total. The van der Waals surface area contributed by atoms with Crippen molar-refractivity contribution in [1.29, 1.82) is 0 Å². The largest absolute Gasteiger partial charge is 0.378 e. The Labute approximate surface area is 137 Å². The van der Waals surface area contributed by atoms with Crippen LogP contribution in [0, 0.1) is 18.8 Å². The summed E-state index contributed by atoms with van der Waals surface area (Å²) in [6.07, 6.45) is 3.38. The van der Waals surface area contributed by atoms with E-state index in [0.717, 1.165) is 39.0 Å². The average Bonchev–Trinajstić information content (AvgIpc) is 3.19. The van der Waals surface area contributed by atoms with E-state index in [1.165, 1.54) is 9.75 Å². The molecule has 0 aromatic carbocycles. The molecule has 2 aliphatic rings. The van der Waals surface area contributed by atoms with E-state index >= 15 is 0 Å². The first-order valence-electron chi connectivity index (χ1n) is 8.51. The minimum atomic E-state index is 0.242. The Kier molecular flexibility index (Phi) is 4.88. The van der Waals surface area contributed by atoms with Crippen molar-refractivity contribution >= 4 is 17.2 Å². The minimum Gasteiger partial charge on any atom is -0.378 e. The van der Waals surface area contributed by atoms with Crippen molar-refractivity contribution in [3.05, 3.63) is 21.9 Å². The number of aryl methyl sites for hydroxylation is 1. The molecule has 0 radical (unpaired) electrons. The van der Waals surface area contributed by atoms with Gasteiger partial charge >= 0.3 is 0 Å². The number of rotatable bonds is 5. The van der Waals surface area contributed by atoms with Crippen LogP contribution >= 0.6 is 11.3 Å². The minimum absolute atomic E-state index is 0.242. The SMILES string of the molecule is Cc1ccc([C@H]2C[C@H]2C(=O)N2CCC(OCC(C)C)CC2)s1. The van der Waals surface area contributed by atoms with E-state index in [1.54, 1.807) is 0 Å². The van der Waals surface area contributed by atoms with Gasteiger partial charge in [0.2, 0.25) is 5.91 Å². The summed E-state index contributed by atoms with van der Waals surface area (Å²) in [6, 6.07) is 4.36. The second-order valence-corrected chi connectivity index (χ2v) is 8.47. The first-order chi connectivity index (χ1) is 10.5. The zero-order valence-corrected chi connectivity index (χ0v) is 14.7. The predicted octanol–water partition coefficient (Wildman–Crippen LogP) is 3.82. The van der Waals surface area contributed by atoms with Crippen LogP contribution in [0.1, 0.15) is 48.8 Å². The molecule has 4 heteroatoms. The topological polar surface area (TPSA) is 29.5 Å². The third-order valence-corrected chi connectivity index (χ3v) is 5.79. The standard InChI is InChI=1S/C18H27NO2S/c1-12(2)11-21-14-6-8-19(9-7-14)18(20)16-10-15(16)17-5-4-13(3)22-17/h4-5,12,14-16H,6-11H2,1-3H3/t15-,16+/m0/s1. The van der Waals surface area contributed by atoms with Gasteiger partial charge in [0.05, 0.1) is 6.10 Å². The van der Waals surface area contributed by atoms with Gasteiger partial charge in [-0.2, -0.15) is 0 Å². The van der Waals surface area contributed by atoms with Gasteiger partial charge in [0.25, 0.3) is 0 Å². The number of hydrogen-bond donors (Lipinski definition) is 0. The fraction of sp³-hybridized carbons (Fsp3) is 0.722. The van der Waals surface area contributed by atoms with Crippen LogP contribution in [0.25, 0.3) is 0 Å². The number of hydrogen-bond acceptors (Lipinski definition) is 3. The van der Waals surface area contributed by atoms with Crippen LogP contribution in [0.2, 0.25) is 0 Å². The lowest BCUT2D eigenvalue weighted by Crippen LogP contribution is -2.42. The van der Waals surface area contributed by atoms with E-state index in [9.17, 15) is 4.79 Å². The molecule has 0 bridgehead atoms. The molecule has 1 aliphatic heterocycles. The lowest BCUT2D eigenvalue weighted by Gasteiger charge is -2.32. The highest BCUT2D eigenvalue weighted by molar-refractivity contribution is 7.12. The summed E-state index contributed by atoms with van der Waals surface area (Å²) < 4.78 is 5.91. The maximum Gasteiger partial charge on any atom is 0.226 e. The first-order valence-corrected chi connectivity index (χ1v) is 9.33. The smallest absolute Gasteiger partial charge is 0.226 e. The molecule has 2 heterocycles. The number of likely N-dealkylation sites (tertiary alicyclic amines) is 1. The molecule has 2 fully saturated rings. The van der Waals surface area contributed by atoms with E-state index in [0.29, 0.717) is 23.8 Å². The molecule has 1 aliphatic carbocycles. The summed E-state index contributed by atoms with van der Waals surface area (Å²) in [5.41, 5.74) is 0. The second kappa shape index (κ2) is 6.71. The van der Waals surface area contributed by atoms with E-state index in [4.69, 9.17) is 4.74 Å². The highest BCUT2D eigenvalue weighted by Gasteiger charge is 2.46. The van der Waals surface area contributed by atoms with Gasteiger partial charge in [0.15, 0.2) is 0 Å². The van der Waals surface area contributed by atoms with Crippen molar-refractivity contribution in [3.63, 3.8) is 0 Å². The van der Waals surface area contributed by atoms with E-state index in [2.05, 4.69) is 37.8 Å². The fourth-order valence-electron chi connectivity index (χ4n) is 3.24. The molecule has 0 spiro atoms. The Morgan fingerprint density at radius 3 is 2.68 bits per heavy atom. The summed E-state index contributed by atoms with van der Waals surface area (Å²) in [5.74, 6) is 1.69. The van der Waals surface area contributed by atoms with Crippen molar-refractivity contribution in [2.75, 3.05) is 19.7 Å². The molecule has 0 unspecified atom stereocenters. The quantitative estimate of drug-likeness (QED) is 0.825. The van der Waals surface area contributed by atoms with Gasteiger partial charge in [0.1, 0.15) is 0 Å². The lowest BCUT2D eigenvalue weighted by molar-refractivity contribution is -0.135. The van der Waals surface area contributed by atoms with Gasteiger partial charge in [-0.05, 0) is 44.2 Å². The zero-order valence-electron chi connectivity index (χ0n) is 13.9. The van der Waals surface area contributed by atoms with Gasteiger partial charge in [-0.1, -0.05) is 13.8 Å². The second-order valence-electron chi connectivity index (χ2n) is 7.15. The van der Waals surface area contributed by atoms with Crippen molar-refractivity contribution < 1.29 is 9.53 Å². The Hall–Kier alpha value is -0.870. The highest BCUT2D eigenvalue weighted by Crippen LogP contribution is 2.50. The molecule has 22 heavy (non-hydrogen) atoms. The average molecular weight is 321 g/mol. The molecule has 0 N–H and O–H groups in total. The molecule has 1 amide bonds. The number of thiophene rings is 1. The number of carbonyl (C=O) groups excluding carboxylic acids is 1. The highest BCUT2D eigenvalue weighted by atomic mass is 32.1. The third-order valence-electron chi connectivity index (χ3n) is 4.65. The summed E-state index contributed by atoms with van der Waals surface area (Å²) in [6.45, 7) is 9.06. The van der Waals surface area contributed by atoms with Gasteiger partial charge in [0, 0.05) is 41.3 Å². The van der Waals surface area contributed by atoms with Crippen molar-refractivity contribution in [2.45, 2.75) is 52.1 Å². The number of carbonyl (C=O) groups is 1. The van der Waals surface area contributed by atoms with Crippen LogP contribution < -0.4 is 0 Å². The van der Waals surface area contributed by atoms with Gasteiger partial charge in [-0.25, -0.2) is 0 Å². The van der Waals surface area contributed by atoms with Crippen LogP contribution in [0.15, 0.2) is 12.1 Å². The molecule has 3 rings (SSSR count). The monoisotopic (exact) mass is 321 g/mol. The van der Waals surface area contributed by atoms with E-state index in [-0.39, 0.29) is 5.92 Å². The zero-order chi connectivity index (χ0) is 15.7. The maximum absolute atomic E-state index is 12.6. The normalized spacial score (nSPS) is 25.7. The maximum atomic E-state index is 12.6. The molecule has 1 aromatic heterocycles. The summed E-state index contributed by atoms with van der Waals surface area (Å²) in [4.78, 5) is 17.4. The summed E-state index contributed by atoms with van der Waals surface area (Å²) in [5, 5.41) is 0. The molecular formula is C18H27NO2S. The van der Waals surface area contributed by atoms with Crippen LogP contribution in [-0.4, -0.2) is 36.6 Å². The molecule has 1 saturated heterocycles. The number of piperidine rings is 1. The van der Waals surface area contributed by atoms with E-state index in [1.807, 2.05) is 11.3 Å². The van der Waals surface area contributed by atoms with Crippen LogP contribution in [-0.2, 0) is 9.53 Å². The van der Waals surface area contributed by atoms with Crippen molar-refractivity contribution in [2.24, 2.45) is 11.8 Å². The number of ether oxygens (including phenoxy) is 1. The Morgan fingerprint density at radius 1 is 1.36 bits per heavy atom.